The Morgan fingerprint density at radius 1 is 0.939 bits per heavy atom. The van der Waals surface area contributed by atoms with E-state index < -0.39 is 17.5 Å². The standard InChI is InChI=1S/C27H27N7O2S.C22H20N2O5/c1-17-14-29-18(15-28-17)16-30-26(36)23-24(35)19-8-9-22(33-11-5-10-32(2)12-13-33)31-25(19)34-20-6-3-4-7-21(20)37-27(23)34;1-3-12-13-7-11(25)5-6-17(13)23-19-14(12)9-24-18(19)8-16-15(20(24)26)10-29-21(27)22(16,28)4-2/h3-4,6-9,14-15H,5,10-13,16H2,1-2H3,(H,30,36);5-8,25,28H,3-4,9-10H2,1-2H3/t;22-/m.0/s1. The van der Waals surface area contributed by atoms with Gasteiger partial charge in [-0.15, -0.1) is 11.3 Å². The third-order valence-electron chi connectivity index (χ3n) is 13.0. The van der Waals surface area contributed by atoms with E-state index >= 15 is 0 Å². The number of nitrogens with one attached hydrogen (secondary N) is 1. The summed E-state index contributed by atoms with van der Waals surface area (Å²) in [5, 5.41) is 25.0. The van der Waals surface area contributed by atoms with Gasteiger partial charge in [-0.3, -0.25) is 28.8 Å². The van der Waals surface area contributed by atoms with Crippen LogP contribution < -0.4 is 21.2 Å². The Hall–Kier alpha value is -7.08. The van der Waals surface area contributed by atoms with Gasteiger partial charge in [0.2, 0.25) is 5.43 Å². The number of amides is 1. The number of fused-ring (bicyclic) bond motifs is 10. The lowest BCUT2D eigenvalue weighted by Crippen LogP contribution is -2.44. The molecule has 336 valence electrons. The van der Waals surface area contributed by atoms with Crippen LogP contribution in [0.5, 0.6) is 5.75 Å². The van der Waals surface area contributed by atoms with Gasteiger partial charge in [0.25, 0.3) is 11.5 Å². The number of carbonyl (C=O) groups is 2. The maximum atomic E-state index is 13.7. The van der Waals surface area contributed by atoms with Crippen molar-refractivity contribution >= 4 is 66.0 Å². The van der Waals surface area contributed by atoms with E-state index in [-0.39, 0.29) is 41.9 Å². The number of aromatic nitrogens is 6. The number of carbonyl (C=O) groups excluding carboxylic acids is 2. The molecule has 0 aliphatic carbocycles. The first-order valence-electron chi connectivity index (χ1n) is 22.1. The number of rotatable bonds is 6. The molecule has 17 heteroatoms. The molecular formula is C49H47N9O7S. The summed E-state index contributed by atoms with van der Waals surface area (Å²) < 4.78 is 9.68. The molecule has 66 heavy (non-hydrogen) atoms. The number of nitrogens with zero attached hydrogens (tertiary/aromatic N) is 8. The Labute approximate surface area is 381 Å². The van der Waals surface area contributed by atoms with Crippen molar-refractivity contribution in [3.63, 3.8) is 0 Å². The molecule has 3 aliphatic heterocycles. The Morgan fingerprint density at radius 3 is 2.56 bits per heavy atom. The second-order valence-corrected chi connectivity index (χ2v) is 18.0. The number of aliphatic hydroxyl groups is 1. The molecule has 1 amide bonds. The predicted molar refractivity (Wildman–Crippen MR) is 252 cm³/mol. The number of aromatic hydroxyl groups is 1. The van der Waals surface area contributed by atoms with E-state index in [0.29, 0.717) is 57.0 Å². The first kappa shape index (κ1) is 42.8. The van der Waals surface area contributed by atoms with Gasteiger partial charge in [-0.25, -0.2) is 14.8 Å². The van der Waals surface area contributed by atoms with E-state index in [1.165, 1.54) is 11.3 Å². The van der Waals surface area contributed by atoms with Crippen LogP contribution in [0.3, 0.4) is 0 Å². The van der Waals surface area contributed by atoms with Crippen LogP contribution in [0.25, 0.3) is 48.4 Å². The molecule has 0 bridgehead atoms. The van der Waals surface area contributed by atoms with E-state index in [0.717, 1.165) is 76.4 Å². The van der Waals surface area contributed by atoms with Crippen molar-refractivity contribution in [1.29, 1.82) is 0 Å². The minimum atomic E-state index is -1.83. The molecule has 9 heterocycles. The van der Waals surface area contributed by atoms with Gasteiger partial charge in [0.15, 0.2) is 11.2 Å². The van der Waals surface area contributed by atoms with Crippen LogP contribution in [-0.2, 0) is 41.2 Å². The van der Waals surface area contributed by atoms with E-state index in [4.69, 9.17) is 14.7 Å². The minimum absolute atomic E-state index is 0.110. The normalized spacial score (nSPS) is 17.0. The topological polar surface area (TPSA) is 197 Å². The zero-order valence-corrected chi connectivity index (χ0v) is 37.7. The monoisotopic (exact) mass is 905 g/mol. The molecular weight excluding hydrogens is 859 g/mol. The van der Waals surface area contributed by atoms with E-state index in [1.807, 2.05) is 54.6 Å². The Kier molecular flexibility index (Phi) is 10.9. The molecule has 3 aliphatic rings. The van der Waals surface area contributed by atoms with Crippen molar-refractivity contribution in [3.8, 4) is 17.1 Å². The third-order valence-corrected chi connectivity index (χ3v) is 14.1. The van der Waals surface area contributed by atoms with Gasteiger partial charge in [-0.05, 0) is 93.9 Å². The highest BCUT2D eigenvalue weighted by Crippen LogP contribution is 2.41. The Morgan fingerprint density at radius 2 is 1.77 bits per heavy atom. The van der Waals surface area contributed by atoms with Crippen molar-refractivity contribution < 1.29 is 24.5 Å². The van der Waals surface area contributed by atoms with Gasteiger partial charge in [-0.1, -0.05) is 26.0 Å². The maximum absolute atomic E-state index is 13.7. The number of hydrogen-bond acceptors (Lipinski definition) is 14. The van der Waals surface area contributed by atoms with E-state index in [9.17, 15) is 29.4 Å². The zero-order valence-electron chi connectivity index (χ0n) is 36.9. The average Bonchev–Trinajstić information content (AvgIpc) is 3.81. The number of aryl methyl sites for hydroxylation is 2. The second-order valence-electron chi connectivity index (χ2n) is 17.0. The van der Waals surface area contributed by atoms with Crippen molar-refractivity contribution in [2.75, 3.05) is 38.1 Å². The number of esters is 1. The molecule has 8 aromatic rings. The van der Waals surface area contributed by atoms with Crippen LogP contribution in [0, 0.1) is 6.92 Å². The third kappa shape index (κ3) is 7.14. The van der Waals surface area contributed by atoms with Crippen molar-refractivity contribution in [3.05, 3.63) is 133 Å². The summed E-state index contributed by atoms with van der Waals surface area (Å²) in [5.41, 5.74) is 5.20. The van der Waals surface area contributed by atoms with Crippen LogP contribution in [0.1, 0.15) is 70.7 Å². The van der Waals surface area contributed by atoms with Crippen LogP contribution in [-0.4, -0.2) is 89.1 Å². The lowest BCUT2D eigenvalue weighted by molar-refractivity contribution is -0.172. The quantitative estimate of drug-likeness (QED) is 0.175. The van der Waals surface area contributed by atoms with Crippen LogP contribution in [0.15, 0.2) is 82.6 Å². The highest BCUT2D eigenvalue weighted by Gasteiger charge is 2.45. The molecule has 3 N–H and O–H groups in total. The minimum Gasteiger partial charge on any atom is -0.508 e. The van der Waals surface area contributed by atoms with Crippen molar-refractivity contribution in [1.82, 2.24) is 39.1 Å². The summed E-state index contributed by atoms with van der Waals surface area (Å²) in [6.07, 6.45) is 5.16. The van der Waals surface area contributed by atoms with E-state index in [2.05, 4.69) is 32.1 Å². The number of pyridine rings is 4. The Balaban J connectivity index is 0.000000160. The smallest absolute Gasteiger partial charge is 0.343 e. The number of ether oxygens (including phenoxy) is 1. The van der Waals surface area contributed by atoms with Gasteiger partial charge >= 0.3 is 5.97 Å². The molecule has 0 spiro atoms. The number of phenolic OH excluding ortho intramolecular Hbond substituents is 1. The molecule has 11 rings (SSSR count). The van der Waals surface area contributed by atoms with Gasteiger partial charge < -0.3 is 34.6 Å². The van der Waals surface area contributed by atoms with Crippen molar-refractivity contribution in [2.24, 2.45) is 0 Å². The average molecular weight is 906 g/mol. The summed E-state index contributed by atoms with van der Waals surface area (Å²) >= 11 is 1.43. The predicted octanol–water partition coefficient (Wildman–Crippen LogP) is 5.58. The molecule has 0 unspecified atom stereocenters. The number of cyclic esters (lactones) is 1. The highest BCUT2D eigenvalue weighted by molar-refractivity contribution is 7.24. The lowest BCUT2D eigenvalue weighted by atomic mass is 9.86. The molecule has 2 aromatic carbocycles. The Bertz CT molecular complexity index is 3420. The summed E-state index contributed by atoms with van der Waals surface area (Å²) in [7, 11) is 2.13. The largest absolute Gasteiger partial charge is 0.508 e. The lowest BCUT2D eigenvalue weighted by Gasteiger charge is -2.31. The molecule has 0 saturated carbocycles. The molecule has 1 fully saturated rings. The zero-order chi connectivity index (χ0) is 46.0. The number of likely N-dealkylation sites (N-methyl/N-ethyl adjacent to an activating group) is 1. The summed E-state index contributed by atoms with van der Waals surface area (Å²) in [6.45, 7) is 9.76. The number of para-hydroxylation sites is 1. The first-order chi connectivity index (χ1) is 31.9. The van der Waals surface area contributed by atoms with Crippen LogP contribution >= 0.6 is 11.3 Å². The van der Waals surface area contributed by atoms with Gasteiger partial charge in [-0.2, -0.15) is 0 Å². The number of thiazole rings is 1. The fourth-order valence-corrected chi connectivity index (χ4v) is 10.5. The summed E-state index contributed by atoms with van der Waals surface area (Å²) in [5.74, 6) is -0.147. The molecule has 16 nitrogen and oxygen atoms in total. The summed E-state index contributed by atoms with van der Waals surface area (Å²) in [4.78, 5) is 76.1. The number of anilines is 1. The van der Waals surface area contributed by atoms with Gasteiger partial charge in [0, 0.05) is 42.3 Å². The van der Waals surface area contributed by atoms with Crippen LogP contribution in [0.4, 0.5) is 5.82 Å². The fraction of sp³-hybridized carbons (Fsp3) is 0.306. The highest BCUT2D eigenvalue weighted by atomic mass is 32.1. The van der Waals surface area contributed by atoms with Gasteiger partial charge in [0.1, 0.15) is 28.6 Å². The SMILES string of the molecule is CCc1c2c(nc3ccc(O)cc13)-c1cc3c(c(=O)n1C2)COC(=O)[C@]3(O)CC.Cc1cnc(CNC(=O)c2c(=O)c3ccc(N4CCCN(C)CC4)nc3n3c2sc2ccccc23)cn1. The first-order valence-corrected chi connectivity index (χ1v) is 22.9. The fourth-order valence-electron chi connectivity index (χ4n) is 9.35. The number of phenols is 1. The van der Waals surface area contributed by atoms with Gasteiger partial charge in [0.05, 0.1) is 68.7 Å². The second kappa shape index (κ2) is 16.7. The molecule has 0 radical (unpaired) electrons. The molecule has 1 atom stereocenters. The summed E-state index contributed by atoms with van der Waals surface area (Å²) in [6, 6.07) is 18.4. The van der Waals surface area contributed by atoms with Crippen LogP contribution in [0.2, 0.25) is 0 Å². The number of benzene rings is 2. The number of hydrogen-bond donors (Lipinski definition) is 3. The molecule has 1 saturated heterocycles. The van der Waals surface area contributed by atoms with E-state index in [1.54, 1.807) is 48.1 Å². The van der Waals surface area contributed by atoms with Crippen molar-refractivity contribution in [2.45, 2.75) is 65.3 Å². The maximum Gasteiger partial charge on any atom is 0.343 e. The molecule has 6 aromatic heterocycles.